The fourth-order valence-electron chi connectivity index (χ4n) is 5.52. The van der Waals surface area contributed by atoms with Gasteiger partial charge in [-0.2, -0.15) is 0 Å². The highest BCUT2D eigenvalue weighted by molar-refractivity contribution is 6.03. The van der Waals surface area contributed by atoms with E-state index in [0.717, 1.165) is 50.5 Å². The molecule has 2 nitrogen and oxygen atoms in total. The zero-order valence-corrected chi connectivity index (χ0v) is 19.1. The first-order chi connectivity index (χ1) is 14.0. The molecule has 2 fully saturated rings. The van der Waals surface area contributed by atoms with Crippen LogP contribution in [0, 0.1) is 17.3 Å². The van der Waals surface area contributed by atoms with E-state index in [-0.39, 0.29) is 5.41 Å². The molecule has 2 saturated carbocycles. The maximum Gasteiger partial charge on any atom is 0.163 e. The number of carbonyl (C=O) groups excluding carboxylic acids is 2. The lowest BCUT2D eigenvalue weighted by Gasteiger charge is -2.21. The molecule has 158 valence electrons. The van der Waals surface area contributed by atoms with E-state index in [4.69, 9.17) is 0 Å². The van der Waals surface area contributed by atoms with Crippen molar-refractivity contribution in [2.75, 3.05) is 0 Å². The van der Waals surface area contributed by atoms with Gasteiger partial charge < -0.3 is 0 Å². The monoisotopic (exact) mass is 394 g/mol. The molecular weight excluding hydrogens is 356 g/mol. The van der Waals surface area contributed by atoms with Crippen LogP contribution in [0.15, 0.2) is 46.1 Å². The van der Waals surface area contributed by atoms with E-state index in [2.05, 4.69) is 39.0 Å². The van der Waals surface area contributed by atoms with Crippen LogP contribution < -0.4 is 0 Å². The zero-order chi connectivity index (χ0) is 21.2. The number of rotatable bonds is 5. The molecule has 2 heteroatoms. The van der Waals surface area contributed by atoms with Crippen molar-refractivity contribution in [3.05, 3.63) is 46.1 Å². The minimum Gasteiger partial charge on any atom is -0.298 e. The molecule has 29 heavy (non-hydrogen) atoms. The molecule has 3 atom stereocenters. The van der Waals surface area contributed by atoms with Crippen molar-refractivity contribution in [3.8, 4) is 0 Å². The number of unbranched alkanes of at least 4 members (excludes halogenated alkanes) is 2. The van der Waals surface area contributed by atoms with Crippen LogP contribution in [0.4, 0.5) is 0 Å². The van der Waals surface area contributed by atoms with Crippen molar-refractivity contribution >= 4 is 11.6 Å². The summed E-state index contributed by atoms with van der Waals surface area (Å²) < 4.78 is 0. The predicted molar refractivity (Wildman–Crippen MR) is 121 cm³/mol. The van der Waals surface area contributed by atoms with Gasteiger partial charge in [-0.1, -0.05) is 69.9 Å². The van der Waals surface area contributed by atoms with Crippen LogP contribution in [-0.2, 0) is 9.59 Å². The van der Waals surface area contributed by atoms with E-state index in [9.17, 15) is 9.59 Å². The number of allylic oxidation sites excluding steroid dienone is 8. The van der Waals surface area contributed by atoms with Crippen LogP contribution in [0.5, 0.6) is 0 Å². The minimum absolute atomic E-state index is 0.222. The lowest BCUT2D eigenvalue weighted by Crippen LogP contribution is -2.11. The number of ketones is 2. The Bertz CT molecular complexity index is 804. The second-order valence-electron chi connectivity index (χ2n) is 9.00. The predicted octanol–water partition coefficient (Wildman–Crippen LogP) is 7.07. The number of hydrogen-bond donors (Lipinski definition) is 0. The SMILES string of the molecule is CC.CCC/C=C1/CC(=O)C2=C1CC[C@@H](/C=C1/C3/C(=C/CCC)CC(=O)C13C)C2. The summed E-state index contributed by atoms with van der Waals surface area (Å²) in [6.45, 7) is 10.5. The Balaban J connectivity index is 0.00000117. The molecule has 0 aliphatic heterocycles. The summed E-state index contributed by atoms with van der Waals surface area (Å²) >= 11 is 0. The highest BCUT2D eigenvalue weighted by Crippen LogP contribution is 2.68. The van der Waals surface area contributed by atoms with Crippen molar-refractivity contribution in [1.82, 2.24) is 0 Å². The average Bonchev–Trinajstić information content (AvgIpc) is 3.05. The highest BCUT2D eigenvalue weighted by atomic mass is 16.1. The molecule has 0 heterocycles. The molecular formula is C27H38O2. The van der Waals surface area contributed by atoms with E-state index >= 15 is 0 Å². The number of Topliss-reactive ketones (excluding diaryl/α,β-unsaturated/α-hetero) is 2. The van der Waals surface area contributed by atoms with Crippen LogP contribution >= 0.6 is 0 Å². The Morgan fingerprint density at radius 2 is 1.69 bits per heavy atom. The second-order valence-corrected chi connectivity index (χ2v) is 9.00. The van der Waals surface area contributed by atoms with Gasteiger partial charge in [0.2, 0.25) is 0 Å². The maximum atomic E-state index is 12.6. The molecule has 0 aromatic carbocycles. The fourth-order valence-corrected chi connectivity index (χ4v) is 5.52. The summed E-state index contributed by atoms with van der Waals surface area (Å²) in [6.07, 6.45) is 15.7. The molecule has 0 aromatic heterocycles. The molecule has 4 aliphatic rings. The van der Waals surface area contributed by atoms with E-state index in [0.29, 0.717) is 36.2 Å². The Labute approximate surface area is 177 Å². The third kappa shape index (κ3) is 3.88. The van der Waals surface area contributed by atoms with Gasteiger partial charge in [0.1, 0.15) is 5.78 Å². The summed E-state index contributed by atoms with van der Waals surface area (Å²) in [5, 5.41) is 0. The Hall–Kier alpha value is -1.70. The largest absolute Gasteiger partial charge is 0.298 e. The maximum absolute atomic E-state index is 12.6. The van der Waals surface area contributed by atoms with Crippen molar-refractivity contribution in [3.63, 3.8) is 0 Å². The lowest BCUT2D eigenvalue weighted by atomic mass is 9.83. The first-order valence-corrected chi connectivity index (χ1v) is 11.9. The standard InChI is InChI=1S/C25H32O2.C2H6/c1-4-6-8-17-14-22(26)20-12-16(10-11-19(17)20)13-21-24-18(9-7-5-2)15-23(27)25(21,24)3;1-2/h8-9,13,16,24H,4-7,10-12,14-15H2,1-3H3;1-2H3/b17-8-,18-9+,21-13-;/t16-,24?,25?;/m1./s1. The number of fused-ring (bicyclic) bond motifs is 1. The van der Waals surface area contributed by atoms with Gasteiger partial charge in [-0.05, 0) is 61.7 Å². The van der Waals surface area contributed by atoms with Gasteiger partial charge in [0.05, 0.1) is 5.41 Å². The zero-order valence-electron chi connectivity index (χ0n) is 19.1. The van der Waals surface area contributed by atoms with Crippen LogP contribution in [0.1, 0.15) is 92.4 Å². The summed E-state index contributed by atoms with van der Waals surface area (Å²) in [7, 11) is 0. The fraction of sp³-hybridized carbons (Fsp3) is 0.630. The number of hydrogen-bond acceptors (Lipinski definition) is 2. The van der Waals surface area contributed by atoms with Crippen LogP contribution in [0.3, 0.4) is 0 Å². The van der Waals surface area contributed by atoms with Gasteiger partial charge in [-0.3, -0.25) is 9.59 Å². The average molecular weight is 395 g/mol. The molecule has 2 unspecified atom stereocenters. The normalized spacial score (nSPS) is 34.6. The summed E-state index contributed by atoms with van der Waals surface area (Å²) in [6, 6.07) is 0. The Morgan fingerprint density at radius 3 is 2.38 bits per heavy atom. The first kappa shape index (κ1) is 22.0. The minimum atomic E-state index is -0.222. The van der Waals surface area contributed by atoms with Gasteiger partial charge >= 0.3 is 0 Å². The third-order valence-electron chi connectivity index (χ3n) is 7.18. The van der Waals surface area contributed by atoms with Crippen LogP contribution in [0.25, 0.3) is 0 Å². The first-order valence-electron chi connectivity index (χ1n) is 11.9. The molecule has 0 aromatic rings. The van der Waals surface area contributed by atoms with Crippen molar-refractivity contribution in [2.45, 2.75) is 92.4 Å². The van der Waals surface area contributed by atoms with Gasteiger partial charge in [-0.15, -0.1) is 0 Å². The number of carbonyl (C=O) groups is 2. The van der Waals surface area contributed by atoms with Crippen LogP contribution in [0.2, 0.25) is 0 Å². The third-order valence-corrected chi connectivity index (χ3v) is 7.18. The Morgan fingerprint density at radius 1 is 1.00 bits per heavy atom. The second kappa shape index (κ2) is 8.98. The van der Waals surface area contributed by atoms with Gasteiger partial charge in [0, 0.05) is 18.8 Å². The van der Waals surface area contributed by atoms with Gasteiger partial charge in [0.25, 0.3) is 0 Å². The molecule has 0 radical (unpaired) electrons. The van der Waals surface area contributed by atoms with E-state index in [1.54, 1.807) is 0 Å². The van der Waals surface area contributed by atoms with E-state index in [1.807, 2.05) is 13.8 Å². The van der Waals surface area contributed by atoms with Crippen molar-refractivity contribution in [1.29, 1.82) is 0 Å². The van der Waals surface area contributed by atoms with E-state index < -0.39 is 0 Å². The molecule has 0 saturated heterocycles. The molecule has 0 amide bonds. The summed E-state index contributed by atoms with van der Waals surface area (Å²) in [4.78, 5) is 25.1. The molecule has 0 N–H and O–H groups in total. The van der Waals surface area contributed by atoms with Gasteiger partial charge in [-0.25, -0.2) is 0 Å². The highest BCUT2D eigenvalue weighted by Gasteiger charge is 2.66. The molecule has 4 aliphatic carbocycles. The van der Waals surface area contributed by atoms with Crippen molar-refractivity contribution in [2.24, 2.45) is 17.3 Å². The Kier molecular flexibility index (Phi) is 6.81. The summed E-state index contributed by atoms with van der Waals surface area (Å²) in [5.74, 6) is 1.54. The van der Waals surface area contributed by atoms with E-state index in [1.165, 1.54) is 22.3 Å². The molecule has 0 bridgehead atoms. The van der Waals surface area contributed by atoms with Crippen molar-refractivity contribution < 1.29 is 9.59 Å². The smallest absolute Gasteiger partial charge is 0.163 e. The molecule has 4 rings (SSSR count). The lowest BCUT2D eigenvalue weighted by molar-refractivity contribution is -0.121. The summed E-state index contributed by atoms with van der Waals surface area (Å²) in [5.41, 5.74) is 6.23. The van der Waals surface area contributed by atoms with Crippen LogP contribution in [-0.4, -0.2) is 11.6 Å². The molecule has 0 spiro atoms. The van der Waals surface area contributed by atoms with Gasteiger partial charge in [0.15, 0.2) is 5.78 Å². The quantitative estimate of drug-likeness (QED) is 0.467. The topological polar surface area (TPSA) is 34.1 Å².